The number of aromatic nitrogens is 1. The normalized spacial score (nSPS) is 15.6. The van der Waals surface area contributed by atoms with Gasteiger partial charge >= 0.3 is 0 Å². The number of hydroxylamine groups is 2. The van der Waals surface area contributed by atoms with Crippen LogP contribution in [0.15, 0.2) is 29.5 Å². The minimum absolute atomic E-state index is 0.00540. The molecule has 1 aromatic rings. The van der Waals surface area contributed by atoms with Gasteiger partial charge in [-0.2, -0.15) is 15.3 Å². The highest BCUT2D eigenvalue weighted by Crippen LogP contribution is 2.05. The maximum absolute atomic E-state index is 11.9. The monoisotopic (exact) mass is 425 g/mol. The maximum atomic E-state index is 11.9. The lowest BCUT2D eigenvalue weighted by Crippen LogP contribution is -2.42. The van der Waals surface area contributed by atoms with Gasteiger partial charge in [0.05, 0.1) is 19.0 Å². The van der Waals surface area contributed by atoms with Crippen molar-refractivity contribution in [1.29, 1.82) is 5.26 Å². The van der Waals surface area contributed by atoms with Crippen molar-refractivity contribution in [3.05, 3.63) is 24.5 Å². The second-order valence-electron chi connectivity index (χ2n) is 6.28. The molecular formula is C17H27N7O4S. The van der Waals surface area contributed by atoms with Crippen LogP contribution in [0.3, 0.4) is 0 Å². The average molecular weight is 426 g/mol. The molecule has 2 rings (SSSR count). The zero-order chi connectivity index (χ0) is 20.8. The number of nitrogens with zero attached hydrogens (tertiary/aromatic N) is 4. The highest BCUT2D eigenvalue weighted by atomic mass is 32.2. The van der Waals surface area contributed by atoms with Crippen LogP contribution < -0.4 is 15.5 Å². The molecule has 0 atom stereocenters. The summed E-state index contributed by atoms with van der Waals surface area (Å²) in [4.78, 5) is 15.5. The number of nitrogens with one attached hydrogen (secondary N) is 3. The van der Waals surface area contributed by atoms with Gasteiger partial charge in [-0.3, -0.25) is 15.3 Å². The molecule has 29 heavy (non-hydrogen) atoms. The van der Waals surface area contributed by atoms with Gasteiger partial charge in [-0.15, -0.1) is 0 Å². The summed E-state index contributed by atoms with van der Waals surface area (Å²) in [5, 5.41) is 15.9. The van der Waals surface area contributed by atoms with Crippen molar-refractivity contribution in [2.75, 3.05) is 43.9 Å². The molecule has 1 saturated heterocycles. The van der Waals surface area contributed by atoms with Crippen LogP contribution in [0, 0.1) is 11.5 Å². The number of sulfonamides is 1. The molecular weight excluding hydrogens is 398 g/mol. The van der Waals surface area contributed by atoms with E-state index in [0.29, 0.717) is 45.2 Å². The van der Waals surface area contributed by atoms with E-state index in [1.165, 1.54) is 5.06 Å². The van der Waals surface area contributed by atoms with Crippen molar-refractivity contribution >= 4 is 21.7 Å². The number of morpholine rings is 1. The molecule has 0 saturated carbocycles. The Bertz CT molecular complexity index is 762. The van der Waals surface area contributed by atoms with E-state index >= 15 is 0 Å². The molecule has 3 N–H and O–H groups in total. The number of hydrogen-bond acceptors (Lipinski definition) is 8. The SMILES string of the molecule is N#CNC(=NCCCCCCS(=O)(=O)NON1CCOCC1)Nc1ccncc1. The van der Waals surface area contributed by atoms with Crippen LogP contribution in [0.1, 0.15) is 25.7 Å². The van der Waals surface area contributed by atoms with Crippen LogP contribution in [-0.4, -0.2) is 63.0 Å². The molecule has 2 heterocycles. The molecule has 11 nitrogen and oxygen atoms in total. The molecule has 160 valence electrons. The Kier molecular flexibility index (Phi) is 10.3. The highest BCUT2D eigenvalue weighted by molar-refractivity contribution is 7.89. The standard InChI is InChI=1S/C17H27N7O4S/c18-15-21-17(22-16-5-8-19-9-6-16)20-7-3-1-2-4-14-29(25,26)23-28-24-10-12-27-13-11-24/h5-6,8-9,23H,1-4,7,10-14H2,(H2,19,20,21,22). The van der Waals surface area contributed by atoms with E-state index in [1.807, 2.05) is 6.19 Å². The molecule has 0 bridgehead atoms. The summed E-state index contributed by atoms with van der Waals surface area (Å²) in [7, 11) is -3.47. The lowest BCUT2D eigenvalue weighted by Gasteiger charge is -2.24. The van der Waals surface area contributed by atoms with Crippen molar-refractivity contribution in [2.24, 2.45) is 4.99 Å². The van der Waals surface area contributed by atoms with Crippen LogP contribution in [0.4, 0.5) is 5.69 Å². The number of unbranched alkanes of at least 4 members (excludes halogenated alkanes) is 3. The second kappa shape index (κ2) is 13.0. The van der Waals surface area contributed by atoms with Crippen molar-refractivity contribution in [3.8, 4) is 6.19 Å². The van der Waals surface area contributed by atoms with E-state index in [4.69, 9.17) is 14.9 Å². The Hall–Kier alpha value is -2.30. The lowest BCUT2D eigenvalue weighted by molar-refractivity contribution is -0.215. The molecule has 0 aliphatic carbocycles. The number of guanidine groups is 1. The maximum Gasteiger partial charge on any atom is 0.235 e. The minimum Gasteiger partial charge on any atom is -0.379 e. The molecule has 1 aliphatic rings. The first-order chi connectivity index (χ1) is 14.1. The van der Waals surface area contributed by atoms with Crippen LogP contribution in [0.5, 0.6) is 0 Å². The van der Waals surface area contributed by atoms with Gasteiger partial charge in [0.25, 0.3) is 0 Å². The summed E-state index contributed by atoms with van der Waals surface area (Å²) in [6.07, 6.45) is 8.03. The number of ether oxygens (including phenoxy) is 1. The first-order valence-corrected chi connectivity index (χ1v) is 11.1. The fraction of sp³-hybridized carbons (Fsp3) is 0.588. The van der Waals surface area contributed by atoms with Crippen molar-refractivity contribution in [1.82, 2.24) is 20.2 Å². The molecule has 0 aromatic carbocycles. The Balaban J connectivity index is 1.58. The summed E-state index contributed by atoms with van der Waals surface area (Å²) in [6, 6.07) is 3.54. The lowest BCUT2D eigenvalue weighted by atomic mass is 10.2. The van der Waals surface area contributed by atoms with Gasteiger partial charge in [0, 0.05) is 37.7 Å². The molecule has 0 unspecified atom stereocenters. The van der Waals surface area contributed by atoms with Crippen molar-refractivity contribution < 1.29 is 18.1 Å². The highest BCUT2D eigenvalue weighted by Gasteiger charge is 2.15. The summed E-state index contributed by atoms with van der Waals surface area (Å²) in [5.41, 5.74) is 0.776. The van der Waals surface area contributed by atoms with E-state index in [0.717, 1.165) is 24.9 Å². The third-order valence-electron chi connectivity index (χ3n) is 3.97. The fourth-order valence-corrected chi connectivity index (χ4v) is 3.36. The van der Waals surface area contributed by atoms with Gasteiger partial charge in [-0.1, -0.05) is 17.7 Å². The minimum atomic E-state index is -3.47. The zero-order valence-corrected chi connectivity index (χ0v) is 17.0. The van der Waals surface area contributed by atoms with Crippen LogP contribution in [0.2, 0.25) is 0 Å². The Morgan fingerprint density at radius 1 is 1.24 bits per heavy atom. The molecule has 12 heteroatoms. The van der Waals surface area contributed by atoms with Crippen molar-refractivity contribution in [2.45, 2.75) is 25.7 Å². The number of nitriles is 1. The smallest absolute Gasteiger partial charge is 0.235 e. The topological polar surface area (TPSA) is 141 Å². The van der Waals surface area contributed by atoms with Gasteiger partial charge in [0.15, 0.2) is 6.19 Å². The summed E-state index contributed by atoms with van der Waals surface area (Å²) < 4.78 is 29.0. The second-order valence-corrected chi connectivity index (χ2v) is 8.08. The fourth-order valence-electron chi connectivity index (χ4n) is 2.47. The number of aliphatic imine (C=N–C) groups is 1. The van der Waals surface area contributed by atoms with Gasteiger partial charge in [0.1, 0.15) is 0 Å². The molecule has 1 aromatic heterocycles. The third kappa shape index (κ3) is 10.2. The average Bonchev–Trinajstić information content (AvgIpc) is 2.73. The quantitative estimate of drug-likeness (QED) is 0.116. The van der Waals surface area contributed by atoms with Crippen LogP contribution >= 0.6 is 0 Å². The van der Waals surface area contributed by atoms with E-state index in [-0.39, 0.29) is 5.75 Å². The Morgan fingerprint density at radius 2 is 1.97 bits per heavy atom. The predicted octanol–water partition coefficient (Wildman–Crippen LogP) is 0.579. The molecule has 1 fully saturated rings. The number of rotatable bonds is 11. The van der Waals surface area contributed by atoms with Crippen molar-refractivity contribution in [3.63, 3.8) is 0 Å². The van der Waals surface area contributed by atoms with E-state index in [1.54, 1.807) is 24.5 Å². The number of anilines is 1. The molecule has 0 spiro atoms. The van der Waals surface area contributed by atoms with E-state index < -0.39 is 10.0 Å². The van der Waals surface area contributed by atoms with Crippen LogP contribution in [0.25, 0.3) is 0 Å². The zero-order valence-electron chi connectivity index (χ0n) is 16.2. The number of pyridine rings is 1. The van der Waals surface area contributed by atoms with Gasteiger partial charge < -0.3 is 10.1 Å². The van der Waals surface area contributed by atoms with E-state index in [9.17, 15) is 8.42 Å². The number of hydrogen-bond donors (Lipinski definition) is 3. The van der Waals surface area contributed by atoms with E-state index in [2.05, 4.69) is 25.5 Å². The first kappa shape index (κ1) is 23.0. The van der Waals surface area contributed by atoms with Gasteiger partial charge in [-0.25, -0.2) is 8.42 Å². The largest absolute Gasteiger partial charge is 0.379 e. The van der Waals surface area contributed by atoms with Gasteiger partial charge in [0.2, 0.25) is 16.0 Å². The molecule has 0 amide bonds. The Morgan fingerprint density at radius 3 is 2.69 bits per heavy atom. The first-order valence-electron chi connectivity index (χ1n) is 9.45. The Labute approximate surface area is 171 Å². The van der Waals surface area contributed by atoms with Crippen LogP contribution in [-0.2, 0) is 19.7 Å². The van der Waals surface area contributed by atoms with Gasteiger partial charge in [-0.05, 0) is 25.0 Å². The summed E-state index contributed by atoms with van der Waals surface area (Å²) in [6.45, 7) is 2.62. The summed E-state index contributed by atoms with van der Waals surface area (Å²) >= 11 is 0. The summed E-state index contributed by atoms with van der Waals surface area (Å²) in [5.74, 6) is 0.372. The molecule has 1 aliphatic heterocycles. The molecule has 0 radical (unpaired) electrons. The third-order valence-corrected chi connectivity index (χ3v) is 5.13. The predicted molar refractivity (Wildman–Crippen MR) is 108 cm³/mol.